The summed E-state index contributed by atoms with van der Waals surface area (Å²) >= 11 is 23.6. The first-order valence-corrected chi connectivity index (χ1v) is 10.9. The van der Waals surface area contributed by atoms with Gasteiger partial charge in [0.1, 0.15) is 0 Å². The molecule has 3 aromatic carbocycles. The highest BCUT2D eigenvalue weighted by Crippen LogP contribution is 2.51. The van der Waals surface area contributed by atoms with Gasteiger partial charge >= 0.3 is 0 Å². The number of benzene rings is 3. The van der Waals surface area contributed by atoms with Crippen LogP contribution in [0.1, 0.15) is 0 Å². The Morgan fingerprint density at radius 1 is 0.583 bits per heavy atom. The first kappa shape index (κ1) is 18.7. The molecule has 0 saturated heterocycles. The standard InChI is InChI=1S/C18H10Br2Cl2S2/c19-13-16(22)18(24-12-9-5-2-6-10-12)14(20)15(21)17(13)23-11-7-3-1-4-8-11/h1-10H. The van der Waals surface area contributed by atoms with Gasteiger partial charge in [-0.15, -0.1) is 0 Å². The second kappa shape index (κ2) is 8.52. The second-order valence-electron chi connectivity index (χ2n) is 4.74. The van der Waals surface area contributed by atoms with Crippen LogP contribution in [0.4, 0.5) is 0 Å². The SMILES string of the molecule is Clc1c(Br)c(Sc2ccccc2)c(Cl)c(Br)c1Sc1ccccc1. The summed E-state index contributed by atoms with van der Waals surface area (Å²) in [5.74, 6) is 0. The molecular weight excluding hydrogens is 511 g/mol. The molecule has 0 aromatic heterocycles. The van der Waals surface area contributed by atoms with E-state index in [-0.39, 0.29) is 0 Å². The summed E-state index contributed by atoms with van der Waals surface area (Å²) in [5.41, 5.74) is 0. The van der Waals surface area contributed by atoms with Crippen LogP contribution in [-0.4, -0.2) is 0 Å². The van der Waals surface area contributed by atoms with Crippen molar-refractivity contribution >= 4 is 78.6 Å². The third-order valence-corrected chi connectivity index (χ3v) is 8.90. The van der Waals surface area contributed by atoms with Gasteiger partial charge in [0.15, 0.2) is 0 Å². The highest BCUT2D eigenvalue weighted by atomic mass is 79.9. The maximum Gasteiger partial charge on any atom is 0.0711 e. The Kier molecular flexibility index (Phi) is 6.63. The van der Waals surface area contributed by atoms with Crippen molar-refractivity contribution in [3.8, 4) is 0 Å². The lowest BCUT2D eigenvalue weighted by atomic mass is 10.3. The molecule has 0 aliphatic rings. The largest absolute Gasteiger partial charge is 0.0872 e. The van der Waals surface area contributed by atoms with Crippen LogP contribution in [-0.2, 0) is 0 Å². The van der Waals surface area contributed by atoms with Crippen molar-refractivity contribution in [3.05, 3.63) is 79.7 Å². The molecule has 3 rings (SSSR count). The van der Waals surface area contributed by atoms with Crippen molar-refractivity contribution in [3.63, 3.8) is 0 Å². The Hall–Kier alpha value is -0.100. The molecule has 0 saturated carbocycles. The van der Waals surface area contributed by atoms with Crippen LogP contribution in [0.2, 0.25) is 10.0 Å². The van der Waals surface area contributed by atoms with Gasteiger partial charge in [0.05, 0.1) is 19.0 Å². The molecule has 24 heavy (non-hydrogen) atoms. The highest BCUT2D eigenvalue weighted by molar-refractivity contribution is 9.11. The van der Waals surface area contributed by atoms with Crippen LogP contribution < -0.4 is 0 Å². The second-order valence-corrected chi connectivity index (χ2v) is 9.25. The van der Waals surface area contributed by atoms with Gasteiger partial charge in [-0.2, -0.15) is 0 Å². The van der Waals surface area contributed by atoms with Crippen LogP contribution in [0.25, 0.3) is 0 Å². The molecule has 0 fully saturated rings. The van der Waals surface area contributed by atoms with Crippen LogP contribution in [0.3, 0.4) is 0 Å². The molecule has 0 aliphatic heterocycles. The van der Waals surface area contributed by atoms with Crippen molar-refractivity contribution < 1.29 is 0 Å². The summed E-state index contributed by atoms with van der Waals surface area (Å²) in [7, 11) is 0. The van der Waals surface area contributed by atoms with E-state index in [1.807, 2.05) is 60.7 Å². The average Bonchev–Trinajstić information content (AvgIpc) is 2.62. The van der Waals surface area contributed by atoms with Crippen LogP contribution >= 0.6 is 78.6 Å². The van der Waals surface area contributed by atoms with E-state index in [0.717, 1.165) is 28.5 Å². The fraction of sp³-hybridized carbons (Fsp3) is 0. The minimum absolute atomic E-state index is 0.651. The predicted molar refractivity (Wildman–Crippen MR) is 113 cm³/mol. The molecule has 0 heterocycles. The average molecular weight is 521 g/mol. The van der Waals surface area contributed by atoms with E-state index in [0.29, 0.717) is 10.0 Å². The third-order valence-electron chi connectivity index (χ3n) is 3.11. The van der Waals surface area contributed by atoms with Crippen LogP contribution in [0.15, 0.2) is 89.2 Å². The summed E-state index contributed by atoms with van der Waals surface area (Å²) in [5, 5.41) is 1.30. The molecule has 3 aromatic rings. The molecule has 0 aliphatic carbocycles. The van der Waals surface area contributed by atoms with Gasteiger partial charge in [-0.3, -0.25) is 0 Å². The molecule has 0 atom stereocenters. The van der Waals surface area contributed by atoms with E-state index in [1.165, 1.54) is 0 Å². The third kappa shape index (κ3) is 4.17. The van der Waals surface area contributed by atoms with Gasteiger partial charge in [-0.1, -0.05) is 83.1 Å². The zero-order chi connectivity index (χ0) is 17.1. The quantitative estimate of drug-likeness (QED) is 0.315. The maximum atomic E-state index is 6.62. The van der Waals surface area contributed by atoms with Gasteiger partial charge in [-0.05, 0) is 56.1 Å². The Bertz CT molecular complexity index is 754. The predicted octanol–water partition coefficient (Wildman–Crippen LogP) is 8.82. The summed E-state index contributed by atoms with van der Waals surface area (Å²) in [6, 6.07) is 20.2. The Labute approximate surface area is 176 Å². The molecule has 0 amide bonds. The Morgan fingerprint density at radius 2 is 0.917 bits per heavy atom. The normalized spacial score (nSPS) is 10.8. The number of halogens is 4. The van der Waals surface area contributed by atoms with Crippen molar-refractivity contribution in [1.82, 2.24) is 0 Å². The van der Waals surface area contributed by atoms with Gasteiger partial charge in [0.2, 0.25) is 0 Å². The molecule has 0 N–H and O–H groups in total. The smallest absolute Gasteiger partial charge is 0.0711 e. The molecule has 0 radical (unpaired) electrons. The fourth-order valence-corrected chi connectivity index (χ4v) is 6.30. The summed E-state index contributed by atoms with van der Waals surface area (Å²) in [4.78, 5) is 4.01. The minimum atomic E-state index is 0.651. The van der Waals surface area contributed by atoms with Crippen LogP contribution in [0.5, 0.6) is 0 Å². The molecule has 0 bridgehead atoms. The molecule has 0 unspecified atom stereocenters. The van der Waals surface area contributed by atoms with Crippen molar-refractivity contribution in [2.45, 2.75) is 19.6 Å². The van der Waals surface area contributed by atoms with E-state index in [4.69, 9.17) is 23.2 Å². The van der Waals surface area contributed by atoms with Crippen molar-refractivity contribution in [2.75, 3.05) is 0 Å². The van der Waals surface area contributed by atoms with E-state index in [2.05, 4.69) is 31.9 Å². The van der Waals surface area contributed by atoms with E-state index >= 15 is 0 Å². The first-order valence-electron chi connectivity index (χ1n) is 6.89. The molecular formula is C18H10Br2Cl2S2. The Morgan fingerprint density at radius 3 is 1.25 bits per heavy atom. The van der Waals surface area contributed by atoms with E-state index < -0.39 is 0 Å². The fourth-order valence-electron chi connectivity index (χ4n) is 1.98. The summed E-state index contributed by atoms with van der Waals surface area (Å²) in [6.45, 7) is 0. The lowest BCUT2D eigenvalue weighted by Gasteiger charge is -2.15. The van der Waals surface area contributed by atoms with Crippen LogP contribution in [0, 0.1) is 0 Å². The number of hydrogen-bond acceptors (Lipinski definition) is 2. The maximum absolute atomic E-state index is 6.62. The van der Waals surface area contributed by atoms with Gasteiger partial charge in [0, 0.05) is 19.6 Å². The zero-order valence-electron chi connectivity index (χ0n) is 12.1. The molecule has 0 nitrogen and oxygen atoms in total. The van der Waals surface area contributed by atoms with Gasteiger partial charge in [-0.25, -0.2) is 0 Å². The number of rotatable bonds is 4. The lowest BCUT2D eigenvalue weighted by molar-refractivity contribution is 1.26. The topological polar surface area (TPSA) is 0 Å². The van der Waals surface area contributed by atoms with E-state index in [1.54, 1.807) is 23.5 Å². The monoisotopic (exact) mass is 518 g/mol. The number of hydrogen-bond donors (Lipinski definition) is 0. The van der Waals surface area contributed by atoms with Gasteiger partial charge in [0.25, 0.3) is 0 Å². The van der Waals surface area contributed by atoms with Crippen molar-refractivity contribution in [2.24, 2.45) is 0 Å². The van der Waals surface area contributed by atoms with E-state index in [9.17, 15) is 0 Å². The lowest BCUT2D eigenvalue weighted by Crippen LogP contribution is -1.88. The molecule has 122 valence electrons. The Balaban J connectivity index is 2.02. The molecule has 0 spiro atoms. The summed E-state index contributed by atoms with van der Waals surface area (Å²) < 4.78 is 1.62. The highest BCUT2D eigenvalue weighted by Gasteiger charge is 2.21. The molecule has 6 heteroatoms. The summed E-state index contributed by atoms with van der Waals surface area (Å²) in [6.07, 6.45) is 0. The first-order chi connectivity index (χ1) is 11.6. The minimum Gasteiger partial charge on any atom is -0.0872 e. The van der Waals surface area contributed by atoms with Gasteiger partial charge < -0.3 is 0 Å². The zero-order valence-corrected chi connectivity index (χ0v) is 18.4. The van der Waals surface area contributed by atoms with Crippen molar-refractivity contribution in [1.29, 1.82) is 0 Å².